The smallest absolute Gasteiger partial charge is 1.00 e. The minimum Gasteiger partial charge on any atom is -1.00 e. The molecule has 4 aromatic carbocycles. The van der Waals surface area contributed by atoms with Crippen molar-refractivity contribution in [1.29, 1.82) is 0 Å². The summed E-state index contributed by atoms with van der Waals surface area (Å²) < 4.78 is 32.5. The third-order valence-corrected chi connectivity index (χ3v) is 16.7. The molecule has 0 radical (unpaired) electrons. The number of halogens is 4. The van der Waals surface area contributed by atoms with Gasteiger partial charge in [-0.2, -0.15) is 0 Å². The second kappa shape index (κ2) is 13.6. The summed E-state index contributed by atoms with van der Waals surface area (Å²) in [5.74, 6) is -0.562. The van der Waals surface area contributed by atoms with Crippen LogP contribution in [0.1, 0.15) is 64.2 Å². The average molecular weight is 703 g/mol. The van der Waals surface area contributed by atoms with Crippen LogP contribution < -0.4 is 24.8 Å². The molecule has 5 heteroatoms. The summed E-state index contributed by atoms with van der Waals surface area (Å²) in [7, 11) is 0. The molecule has 0 saturated carbocycles. The number of allylic oxidation sites excluding steroid dienone is 4. The van der Waals surface area contributed by atoms with Gasteiger partial charge in [0.15, 0.2) is 0 Å². The van der Waals surface area contributed by atoms with E-state index in [1.54, 1.807) is 24.3 Å². The Labute approximate surface area is 279 Å². The molecule has 0 N–H and O–H groups in total. The van der Waals surface area contributed by atoms with Gasteiger partial charge in [0, 0.05) is 0 Å². The number of fused-ring (bicyclic) bond motifs is 3. The molecule has 0 aromatic heterocycles. The van der Waals surface area contributed by atoms with Crippen molar-refractivity contribution in [2.75, 3.05) is 0 Å². The topological polar surface area (TPSA) is 0 Å². The van der Waals surface area contributed by atoms with E-state index in [9.17, 15) is 8.78 Å². The molecule has 0 heterocycles. The van der Waals surface area contributed by atoms with Gasteiger partial charge in [-0.3, -0.25) is 0 Å². The van der Waals surface area contributed by atoms with Gasteiger partial charge >= 0.3 is 257 Å². The fraction of sp³-hybridized carbons (Fsp3) is 0.154. The van der Waals surface area contributed by atoms with Crippen molar-refractivity contribution in [3.63, 3.8) is 0 Å². The van der Waals surface area contributed by atoms with Crippen molar-refractivity contribution in [3.8, 4) is 11.1 Å². The number of rotatable bonds is 6. The molecule has 2 aliphatic carbocycles. The van der Waals surface area contributed by atoms with Gasteiger partial charge in [0.1, 0.15) is 0 Å². The SMILES string of the molecule is C=Cc1ccc2c(c1)-c1cc(C=C)ccc1[CH]2[Zr+2]([C]1=CC(C(C)(C)C)=CC1)=[C](c1cccc(F)c1)c1cccc(F)c1.[Cl-].[Cl-]. The Balaban J connectivity index is 0.00000221. The molecular formula is C39H34Cl2F2Zr. The van der Waals surface area contributed by atoms with Gasteiger partial charge < -0.3 is 24.8 Å². The Bertz CT molecular complexity index is 1750. The molecule has 4 aromatic rings. The first-order valence-electron chi connectivity index (χ1n) is 14.4. The Kier molecular flexibility index (Phi) is 10.5. The van der Waals surface area contributed by atoms with E-state index in [1.807, 2.05) is 24.3 Å². The third kappa shape index (κ3) is 6.39. The normalized spacial score (nSPS) is 13.3. The van der Waals surface area contributed by atoms with Crippen LogP contribution in [-0.4, -0.2) is 3.21 Å². The van der Waals surface area contributed by atoms with E-state index < -0.39 is 21.3 Å². The molecule has 0 bridgehead atoms. The molecule has 2 aliphatic rings. The second-order valence-corrected chi connectivity index (χ2v) is 18.4. The van der Waals surface area contributed by atoms with Gasteiger partial charge in [0.05, 0.1) is 0 Å². The zero-order valence-corrected chi connectivity index (χ0v) is 29.1. The van der Waals surface area contributed by atoms with E-state index in [0.29, 0.717) is 0 Å². The van der Waals surface area contributed by atoms with E-state index >= 15 is 0 Å². The first-order valence-corrected chi connectivity index (χ1v) is 18.3. The predicted molar refractivity (Wildman–Crippen MR) is 170 cm³/mol. The van der Waals surface area contributed by atoms with Crippen molar-refractivity contribution in [1.82, 2.24) is 0 Å². The van der Waals surface area contributed by atoms with E-state index in [2.05, 4.69) is 82.5 Å². The largest absolute Gasteiger partial charge is 1.00 e. The van der Waals surface area contributed by atoms with Gasteiger partial charge in [-0.1, -0.05) is 0 Å². The van der Waals surface area contributed by atoms with Crippen LogP contribution in [0, 0.1) is 17.0 Å². The van der Waals surface area contributed by atoms with Crippen LogP contribution in [0.5, 0.6) is 0 Å². The minimum atomic E-state index is -3.10. The maximum Gasteiger partial charge on any atom is -1.00 e. The van der Waals surface area contributed by atoms with Crippen LogP contribution in [0.2, 0.25) is 0 Å². The number of hydrogen-bond acceptors (Lipinski definition) is 0. The molecular weight excluding hydrogens is 669 g/mol. The molecule has 0 aliphatic heterocycles. The minimum absolute atomic E-state index is 0. The van der Waals surface area contributed by atoms with E-state index in [1.165, 1.54) is 43.2 Å². The molecule has 0 amide bonds. The molecule has 0 atom stereocenters. The number of hydrogen-bond donors (Lipinski definition) is 0. The van der Waals surface area contributed by atoms with Crippen LogP contribution in [-0.2, 0) is 21.3 Å². The molecule has 222 valence electrons. The summed E-state index contributed by atoms with van der Waals surface area (Å²) in [6.45, 7) is 14.8. The van der Waals surface area contributed by atoms with Crippen LogP contribution in [0.25, 0.3) is 23.3 Å². The van der Waals surface area contributed by atoms with Crippen LogP contribution in [0.4, 0.5) is 8.78 Å². The fourth-order valence-corrected chi connectivity index (χ4v) is 15.4. The van der Waals surface area contributed by atoms with Crippen molar-refractivity contribution in [3.05, 3.63) is 164 Å². The first kappa shape index (κ1) is 33.9. The van der Waals surface area contributed by atoms with Crippen LogP contribution in [0.3, 0.4) is 0 Å². The molecule has 44 heavy (non-hydrogen) atoms. The molecule has 0 saturated heterocycles. The monoisotopic (exact) mass is 700 g/mol. The summed E-state index contributed by atoms with van der Waals surface area (Å²) in [5, 5.41) is 0. The van der Waals surface area contributed by atoms with Gasteiger partial charge in [-0.25, -0.2) is 0 Å². The third-order valence-electron chi connectivity index (χ3n) is 8.41. The van der Waals surface area contributed by atoms with E-state index in [4.69, 9.17) is 0 Å². The van der Waals surface area contributed by atoms with Crippen molar-refractivity contribution < 1.29 is 54.9 Å². The first-order chi connectivity index (χ1) is 20.2. The zero-order valence-electron chi connectivity index (χ0n) is 25.1. The molecule has 6 rings (SSSR count). The van der Waals surface area contributed by atoms with Gasteiger partial charge in [-0.05, 0) is 0 Å². The van der Waals surface area contributed by atoms with Crippen molar-refractivity contribution >= 4 is 15.4 Å². The van der Waals surface area contributed by atoms with E-state index in [0.717, 1.165) is 31.9 Å². The van der Waals surface area contributed by atoms with Crippen LogP contribution >= 0.6 is 0 Å². The average Bonchev–Trinajstić information content (AvgIpc) is 3.59. The number of benzene rings is 4. The standard InChI is InChI=1S/C17H13.C13H8F2.C9H13.2ClH.Zr/c1-3-12-5-7-14-11-15-8-6-13(4-2)10-17(15)16(14)9-12;14-12-5-1-3-10(8-12)7-11-4-2-6-13(15)9-11;1-9(2,3)8-6-4-5-7-8;;;/h3-11H,1-2H2;1-6,8-9H;6-7H,4H2,1-3H3;2*1H;/q;;;;;+2/p-2. The maximum atomic E-state index is 14.9. The predicted octanol–water partition coefficient (Wildman–Crippen LogP) is 4.48. The second-order valence-electron chi connectivity index (χ2n) is 12.1. The molecule has 0 fully saturated rings. The summed E-state index contributed by atoms with van der Waals surface area (Å²) in [4.78, 5) is 0. The van der Waals surface area contributed by atoms with E-state index in [-0.39, 0.29) is 45.5 Å². The summed E-state index contributed by atoms with van der Waals surface area (Å²) in [6, 6.07) is 27.0. The Hall–Kier alpha value is -2.97. The quantitative estimate of drug-likeness (QED) is 0.279. The van der Waals surface area contributed by atoms with Gasteiger partial charge in [0.25, 0.3) is 0 Å². The Morgan fingerprint density at radius 3 is 1.66 bits per heavy atom. The summed E-state index contributed by atoms with van der Waals surface area (Å²) in [5.41, 5.74) is 10.2. The molecule has 0 nitrogen and oxygen atoms in total. The van der Waals surface area contributed by atoms with Crippen molar-refractivity contribution in [2.24, 2.45) is 5.41 Å². The summed E-state index contributed by atoms with van der Waals surface area (Å²) >= 11 is -3.10. The molecule has 0 unspecified atom stereocenters. The van der Waals surface area contributed by atoms with Gasteiger partial charge in [-0.15, -0.1) is 0 Å². The summed E-state index contributed by atoms with van der Waals surface area (Å²) in [6.07, 6.45) is 9.43. The fourth-order valence-electron chi connectivity index (χ4n) is 6.34. The van der Waals surface area contributed by atoms with Crippen LogP contribution in [0.15, 0.2) is 119 Å². The molecule has 0 spiro atoms. The maximum absolute atomic E-state index is 14.9. The Morgan fingerprint density at radius 1 is 0.750 bits per heavy atom. The Morgan fingerprint density at radius 2 is 1.25 bits per heavy atom. The zero-order chi connectivity index (χ0) is 29.6. The van der Waals surface area contributed by atoms with Gasteiger partial charge in [0.2, 0.25) is 0 Å². The van der Waals surface area contributed by atoms with Crippen molar-refractivity contribution in [2.45, 2.75) is 30.8 Å².